The molecule has 0 radical (unpaired) electrons. The lowest BCUT2D eigenvalue weighted by Gasteiger charge is -2.31. The molecule has 232 valence electrons. The van der Waals surface area contributed by atoms with Gasteiger partial charge in [0.1, 0.15) is 24.8 Å². The number of H-pyrrole nitrogens is 1. The summed E-state index contributed by atoms with van der Waals surface area (Å²) in [7, 11) is 9.21. The van der Waals surface area contributed by atoms with Crippen LogP contribution < -0.4 is 9.13 Å². The number of ether oxygens (including phenoxy) is 2. The van der Waals surface area contributed by atoms with Gasteiger partial charge in [-0.1, -0.05) is 76.2 Å². The molecule has 2 heterocycles. The van der Waals surface area contributed by atoms with Crippen LogP contribution in [0.2, 0.25) is 0 Å². The van der Waals surface area contributed by atoms with Gasteiger partial charge in [0.15, 0.2) is 0 Å². The molecular weight excluding hydrogens is 560 g/mol. The molecule has 0 fully saturated rings. The van der Waals surface area contributed by atoms with Crippen molar-refractivity contribution in [2.75, 3.05) is 14.2 Å². The van der Waals surface area contributed by atoms with E-state index in [0.717, 1.165) is 23.0 Å². The molecule has 2 aromatic heterocycles. The van der Waals surface area contributed by atoms with Gasteiger partial charge in [-0.15, -0.1) is 0 Å². The number of benzene rings is 3. The first-order valence-corrected chi connectivity index (χ1v) is 15.1. The predicted octanol–water partition coefficient (Wildman–Crippen LogP) is 6.10. The summed E-state index contributed by atoms with van der Waals surface area (Å²) in [5.41, 5.74) is 6.17. The van der Waals surface area contributed by atoms with E-state index in [1.54, 1.807) is 14.2 Å². The van der Waals surface area contributed by atoms with E-state index in [9.17, 15) is 0 Å². The quantitative estimate of drug-likeness (QED) is 0.132. The van der Waals surface area contributed by atoms with Crippen LogP contribution in [0.25, 0.3) is 0 Å². The highest BCUT2D eigenvalue weighted by molar-refractivity contribution is 5.91. The van der Waals surface area contributed by atoms with Gasteiger partial charge in [0.25, 0.3) is 0 Å². The predicted molar refractivity (Wildman–Crippen MR) is 179 cm³/mol. The van der Waals surface area contributed by atoms with Crippen LogP contribution in [0.3, 0.4) is 0 Å². The molecule has 0 saturated carbocycles. The van der Waals surface area contributed by atoms with Crippen molar-refractivity contribution in [2.45, 2.75) is 38.5 Å². The van der Waals surface area contributed by atoms with Gasteiger partial charge in [-0.3, -0.25) is 0 Å². The van der Waals surface area contributed by atoms with Crippen molar-refractivity contribution in [1.82, 2.24) is 9.55 Å². The average Bonchev–Trinajstić information content (AvgIpc) is 3.62. The number of aromatic amines is 1. The Balaban J connectivity index is 1.38. The third-order valence-electron chi connectivity index (χ3n) is 8.78. The average molecular weight is 605 g/mol. The number of aryl methyl sites for hydroxylation is 3. The standard InChI is InChI=1S/C37H43N6O2/c1-36(2,26-13-17-30(18-14-26)39-33(44-8)32-38-21-22-41(32)5)28-11-10-12-29(25-28)37(3,4)27-15-19-31(20-16-27)40-34(45-9)35-42(6)23-24-43(35)7/h10-25H,1-9H3/q+1/p+1. The molecule has 45 heavy (non-hydrogen) atoms. The fourth-order valence-electron chi connectivity index (χ4n) is 5.66. The van der Waals surface area contributed by atoms with Crippen LogP contribution in [0.4, 0.5) is 11.4 Å². The van der Waals surface area contributed by atoms with Crippen molar-refractivity contribution in [2.24, 2.45) is 31.1 Å². The smallest absolute Gasteiger partial charge is 0.344 e. The lowest BCUT2D eigenvalue weighted by atomic mass is 9.73. The highest BCUT2D eigenvalue weighted by Crippen LogP contribution is 2.37. The maximum absolute atomic E-state index is 5.65. The first-order chi connectivity index (χ1) is 21.4. The molecule has 1 N–H and O–H groups in total. The molecular formula is C37H44N6O2+2. The Hall–Kier alpha value is -4.98. The molecule has 0 aliphatic heterocycles. The van der Waals surface area contributed by atoms with Crippen molar-refractivity contribution < 1.29 is 18.6 Å². The van der Waals surface area contributed by atoms with Crippen molar-refractivity contribution in [3.05, 3.63) is 131 Å². The number of hydrogen-bond acceptors (Lipinski definition) is 4. The highest BCUT2D eigenvalue weighted by atomic mass is 16.5. The van der Waals surface area contributed by atoms with Gasteiger partial charge in [-0.05, 0) is 46.5 Å². The highest BCUT2D eigenvalue weighted by Gasteiger charge is 2.28. The molecule has 3 aromatic carbocycles. The minimum Gasteiger partial charge on any atom is -0.475 e. The zero-order chi connectivity index (χ0) is 32.4. The summed E-state index contributed by atoms with van der Waals surface area (Å²) in [6.07, 6.45) is 7.76. The molecule has 0 spiro atoms. The topological polar surface area (TPSA) is 71.7 Å². The first-order valence-electron chi connectivity index (χ1n) is 15.1. The minimum absolute atomic E-state index is 0.216. The Morgan fingerprint density at radius 2 is 1.20 bits per heavy atom. The molecule has 8 nitrogen and oxygen atoms in total. The molecule has 5 rings (SSSR count). The Kier molecular flexibility index (Phi) is 8.77. The van der Waals surface area contributed by atoms with E-state index in [2.05, 4.69) is 93.3 Å². The van der Waals surface area contributed by atoms with Gasteiger partial charge >= 0.3 is 23.4 Å². The summed E-state index contributed by atoms with van der Waals surface area (Å²) in [4.78, 5) is 12.7. The minimum atomic E-state index is -0.216. The third kappa shape index (κ3) is 6.32. The Morgan fingerprint density at radius 3 is 1.62 bits per heavy atom. The van der Waals surface area contributed by atoms with Crippen LogP contribution in [0, 0.1) is 0 Å². The van der Waals surface area contributed by atoms with Gasteiger partial charge in [0.2, 0.25) is 0 Å². The van der Waals surface area contributed by atoms with E-state index in [1.807, 2.05) is 71.8 Å². The van der Waals surface area contributed by atoms with E-state index in [1.165, 1.54) is 22.3 Å². The fraction of sp³-hybridized carbons (Fsp3) is 0.297. The normalized spacial score (nSPS) is 12.8. The van der Waals surface area contributed by atoms with Gasteiger partial charge in [0.05, 0.1) is 46.7 Å². The van der Waals surface area contributed by atoms with Crippen molar-refractivity contribution in [3.8, 4) is 0 Å². The number of methoxy groups -OCH3 is 2. The van der Waals surface area contributed by atoms with E-state index < -0.39 is 0 Å². The van der Waals surface area contributed by atoms with Gasteiger partial charge in [-0.25, -0.2) is 28.7 Å². The zero-order valence-electron chi connectivity index (χ0n) is 27.8. The number of aromatic nitrogens is 4. The van der Waals surface area contributed by atoms with Crippen LogP contribution in [-0.4, -0.2) is 35.6 Å². The fourth-order valence-corrected chi connectivity index (χ4v) is 5.66. The van der Waals surface area contributed by atoms with Gasteiger partial charge in [-0.2, -0.15) is 0 Å². The summed E-state index contributed by atoms with van der Waals surface area (Å²) in [5, 5.41) is 0. The molecule has 0 aliphatic rings. The first kappa shape index (κ1) is 31.4. The molecule has 0 bridgehead atoms. The van der Waals surface area contributed by atoms with E-state index >= 15 is 0 Å². The van der Waals surface area contributed by atoms with Gasteiger partial charge < -0.3 is 9.47 Å². The Bertz CT molecular complexity index is 1820. The van der Waals surface area contributed by atoms with E-state index in [0.29, 0.717) is 11.8 Å². The molecule has 0 saturated heterocycles. The number of nitrogens with zero attached hydrogens (tertiary/aromatic N) is 5. The van der Waals surface area contributed by atoms with Crippen molar-refractivity contribution in [1.29, 1.82) is 0 Å². The second-order valence-electron chi connectivity index (χ2n) is 12.4. The van der Waals surface area contributed by atoms with Crippen LogP contribution in [0.15, 0.2) is 108 Å². The maximum atomic E-state index is 5.65. The second kappa shape index (κ2) is 12.6. The van der Waals surface area contributed by atoms with Crippen LogP contribution in [-0.2, 0) is 41.4 Å². The lowest BCUT2D eigenvalue weighted by molar-refractivity contribution is -0.672. The number of hydrogen-bond donors (Lipinski definition) is 1. The molecule has 0 amide bonds. The van der Waals surface area contributed by atoms with E-state index in [-0.39, 0.29) is 10.8 Å². The maximum Gasteiger partial charge on any atom is 0.344 e. The summed E-state index contributed by atoms with van der Waals surface area (Å²) in [6, 6.07) is 25.8. The van der Waals surface area contributed by atoms with Gasteiger partial charge in [0, 0.05) is 10.8 Å². The summed E-state index contributed by atoms with van der Waals surface area (Å²) < 4.78 is 17.2. The Labute approximate surface area is 266 Å². The third-order valence-corrected chi connectivity index (χ3v) is 8.78. The molecule has 8 heteroatoms. The second-order valence-corrected chi connectivity index (χ2v) is 12.4. The Morgan fingerprint density at radius 1 is 0.689 bits per heavy atom. The molecule has 0 atom stereocenters. The number of imidazole rings is 2. The lowest BCUT2D eigenvalue weighted by Crippen LogP contribution is -2.35. The number of nitrogens with one attached hydrogen (secondary N) is 1. The summed E-state index contributed by atoms with van der Waals surface area (Å²) >= 11 is 0. The summed E-state index contributed by atoms with van der Waals surface area (Å²) in [5.74, 6) is 2.81. The largest absolute Gasteiger partial charge is 0.475 e. The van der Waals surface area contributed by atoms with Crippen molar-refractivity contribution in [3.63, 3.8) is 0 Å². The van der Waals surface area contributed by atoms with Crippen LogP contribution in [0.1, 0.15) is 61.6 Å². The SMILES string of the molecule is COC(=Nc1ccc(C(C)(C)c2cccc(C(C)(C)c3ccc(N=C(OC)c4n(C)cc[n+]4C)cc3)c2)cc1)c1[nH]cc[n+]1C. The number of aliphatic imine (C=N–C) groups is 2. The summed E-state index contributed by atoms with van der Waals surface area (Å²) in [6.45, 7) is 9.08. The van der Waals surface area contributed by atoms with E-state index in [4.69, 9.17) is 19.5 Å². The molecule has 0 aliphatic carbocycles. The molecule has 0 unspecified atom stereocenters. The number of rotatable bonds is 8. The van der Waals surface area contributed by atoms with Crippen LogP contribution >= 0.6 is 0 Å². The zero-order valence-corrected chi connectivity index (χ0v) is 27.8. The van der Waals surface area contributed by atoms with Crippen molar-refractivity contribution >= 4 is 23.2 Å². The van der Waals surface area contributed by atoms with Crippen LogP contribution in [0.5, 0.6) is 0 Å². The monoisotopic (exact) mass is 604 g/mol. The molecule has 5 aromatic rings.